The number of phenolic OH excluding ortho intramolecular Hbond substituents is 1. The van der Waals surface area contributed by atoms with E-state index in [1.165, 1.54) is 0 Å². The minimum absolute atomic E-state index is 0.0177. The molecule has 0 radical (unpaired) electrons. The van der Waals surface area contributed by atoms with Crippen LogP contribution in [0, 0.1) is 17.8 Å². The molecule has 56 heavy (non-hydrogen) atoms. The average Bonchev–Trinajstić information content (AvgIpc) is 3.17. The van der Waals surface area contributed by atoms with Crippen LogP contribution in [0.2, 0.25) is 0 Å². The van der Waals surface area contributed by atoms with E-state index in [1.54, 1.807) is 37.3 Å². The zero-order valence-corrected chi connectivity index (χ0v) is 32.9. The Morgan fingerprint density at radius 3 is 2.48 bits per heavy atom. The number of aliphatic carboxylic acids is 1. The molecule has 0 spiro atoms. The summed E-state index contributed by atoms with van der Waals surface area (Å²) in [5.74, 6) is 4.67. The highest BCUT2D eigenvalue weighted by Gasteiger charge is 2.39. The molecule has 0 fully saturated rings. The summed E-state index contributed by atoms with van der Waals surface area (Å²) in [7, 11) is 0. The third kappa shape index (κ3) is 12.7. The Bertz CT molecular complexity index is 1690. The average molecular weight is 778 g/mol. The molecule has 9 atom stereocenters. The van der Waals surface area contributed by atoms with Crippen molar-refractivity contribution in [3.8, 4) is 17.6 Å². The van der Waals surface area contributed by atoms with Gasteiger partial charge >= 0.3 is 5.97 Å². The standard InChI is InChI=1S/C45H63NO10/c1-3-4-9-41(52)42(53)20-14-30-11-10-29-7-5-6-8-37(29)31-13-19-40(38-18-16-35(50)25-32(38)22-23-47)45(2,56)28-46-44(39(30)26-36(51)27-48)33(24-31)12-15-34(49)17-21-43(54)55/h5-8,14,16,18,20,25,31,33-34,36,40-42,44,46-53,56H,3-4,9-12,15,17,21-24,26-28H2,1-2H3,(H,54,55)/t31-,33+,34+,36+,40+,41+,42-,44-,45-/m1/s1. The number of benzene rings is 2. The summed E-state index contributed by atoms with van der Waals surface area (Å²) in [5.41, 5.74) is 3.42. The van der Waals surface area contributed by atoms with Crippen molar-refractivity contribution >= 4 is 5.97 Å². The van der Waals surface area contributed by atoms with Gasteiger partial charge in [-0.05, 0) is 116 Å². The molecule has 2 aromatic carbocycles. The van der Waals surface area contributed by atoms with Gasteiger partial charge in [-0.25, -0.2) is 0 Å². The van der Waals surface area contributed by atoms with Gasteiger partial charge in [0.1, 0.15) is 5.75 Å². The Hall–Kier alpha value is -3.57. The van der Waals surface area contributed by atoms with Gasteiger partial charge in [0.25, 0.3) is 0 Å². The van der Waals surface area contributed by atoms with Crippen molar-refractivity contribution < 1.29 is 50.8 Å². The number of β-amino-alcohol motifs (C(OH)–C–C–N with tert-alkyl or cyclic N) is 1. The van der Waals surface area contributed by atoms with E-state index in [1.807, 2.05) is 19.1 Å². The molecule has 2 aromatic rings. The fourth-order valence-corrected chi connectivity index (χ4v) is 8.21. The minimum Gasteiger partial charge on any atom is -0.508 e. The van der Waals surface area contributed by atoms with E-state index in [0.717, 1.165) is 35.1 Å². The molecule has 4 rings (SSSR count). The highest BCUT2D eigenvalue weighted by molar-refractivity contribution is 5.66. The Kier molecular flexibility index (Phi) is 17.6. The van der Waals surface area contributed by atoms with Gasteiger partial charge in [-0.1, -0.05) is 74.1 Å². The fraction of sp³-hybridized carbons (Fsp3) is 0.578. The molecule has 10 N–H and O–H groups in total. The summed E-state index contributed by atoms with van der Waals surface area (Å²) < 4.78 is 0. The number of hydrogen-bond donors (Lipinski definition) is 10. The number of aliphatic hydroxyl groups is 7. The van der Waals surface area contributed by atoms with E-state index in [2.05, 4.69) is 29.3 Å². The van der Waals surface area contributed by atoms with Crippen LogP contribution in [-0.4, -0.2) is 108 Å². The molecule has 0 saturated carbocycles. The number of carbonyl (C=O) groups is 1. The van der Waals surface area contributed by atoms with Crippen LogP contribution >= 0.6 is 0 Å². The molecule has 11 nitrogen and oxygen atoms in total. The lowest BCUT2D eigenvalue weighted by atomic mass is 9.73. The monoisotopic (exact) mass is 777 g/mol. The lowest BCUT2D eigenvalue weighted by Crippen LogP contribution is -2.50. The molecule has 0 amide bonds. The van der Waals surface area contributed by atoms with Crippen LogP contribution in [0.3, 0.4) is 0 Å². The number of hydrogen-bond acceptors (Lipinski definition) is 10. The van der Waals surface area contributed by atoms with Gasteiger partial charge < -0.3 is 51.3 Å². The van der Waals surface area contributed by atoms with Crippen LogP contribution < -0.4 is 5.32 Å². The molecular weight excluding hydrogens is 714 g/mol. The largest absolute Gasteiger partial charge is 0.508 e. The maximum Gasteiger partial charge on any atom is 0.303 e. The van der Waals surface area contributed by atoms with Gasteiger partial charge in [0, 0.05) is 31.5 Å². The number of aryl methyl sites for hydroxylation is 1. The lowest BCUT2D eigenvalue weighted by Gasteiger charge is -2.40. The molecule has 11 heteroatoms. The summed E-state index contributed by atoms with van der Waals surface area (Å²) in [6.07, 6.45) is 3.83. The third-order valence-corrected chi connectivity index (χ3v) is 11.4. The van der Waals surface area contributed by atoms with Crippen molar-refractivity contribution in [1.29, 1.82) is 0 Å². The first-order valence-corrected chi connectivity index (χ1v) is 20.2. The van der Waals surface area contributed by atoms with Crippen molar-refractivity contribution in [2.24, 2.45) is 5.92 Å². The van der Waals surface area contributed by atoms with Crippen molar-refractivity contribution in [2.45, 2.75) is 139 Å². The second kappa shape index (κ2) is 21.8. The number of aromatic hydroxyl groups is 1. The zero-order valence-electron chi connectivity index (χ0n) is 32.9. The summed E-state index contributed by atoms with van der Waals surface area (Å²) in [6.45, 7) is 3.04. The summed E-state index contributed by atoms with van der Waals surface area (Å²) >= 11 is 0. The lowest BCUT2D eigenvalue weighted by molar-refractivity contribution is -0.137. The first-order valence-electron chi connectivity index (χ1n) is 20.2. The fourth-order valence-electron chi connectivity index (χ4n) is 8.21. The number of aliphatic hydroxyl groups excluding tert-OH is 6. The van der Waals surface area contributed by atoms with E-state index in [-0.39, 0.29) is 62.8 Å². The summed E-state index contributed by atoms with van der Waals surface area (Å²) in [5, 5.41) is 99.6. The maximum atomic E-state index is 12.4. The van der Waals surface area contributed by atoms with Crippen molar-refractivity contribution in [2.75, 3.05) is 19.8 Å². The molecule has 1 aliphatic heterocycles. The first-order chi connectivity index (χ1) is 26.8. The number of rotatable bonds is 18. The Labute approximate surface area is 331 Å². The van der Waals surface area contributed by atoms with Gasteiger partial charge in [-0.2, -0.15) is 0 Å². The first kappa shape index (κ1) is 45.1. The molecule has 1 heterocycles. The maximum absolute atomic E-state index is 12.4. The SMILES string of the molecule is CCCC[C@H](O)[C@H](O)C=CC1=C(C[C@H](O)CO)[C@@H]2NC[C@@](C)(O)[C@H](c3ccc(O)cc3CCO)C#C[C@H](C[C@@H]2CC[C@H](O)CCC(=O)O)c2ccccc2CC1. The molecule has 2 aliphatic rings. The molecule has 0 aromatic heterocycles. The van der Waals surface area contributed by atoms with E-state index < -0.39 is 54.6 Å². The number of fused-ring (bicyclic) bond motifs is 5. The van der Waals surface area contributed by atoms with Gasteiger partial charge in [0.15, 0.2) is 0 Å². The molecule has 0 saturated heterocycles. The Morgan fingerprint density at radius 2 is 1.77 bits per heavy atom. The van der Waals surface area contributed by atoms with E-state index in [0.29, 0.717) is 43.2 Å². The van der Waals surface area contributed by atoms with Crippen LogP contribution in [0.15, 0.2) is 65.8 Å². The normalized spacial score (nSPS) is 25.2. The number of carboxylic acids is 1. The van der Waals surface area contributed by atoms with E-state index in [9.17, 15) is 50.8 Å². The highest BCUT2D eigenvalue weighted by Crippen LogP contribution is 2.40. The smallest absolute Gasteiger partial charge is 0.303 e. The number of phenols is 1. The quantitative estimate of drug-likeness (QED) is 0.0979. The molecule has 308 valence electrons. The van der Waals surface area contributed by atoms with Gasteiger partial charge in [0.2, 0.25) is 0 Å². The molecule has 0 unspecified atom stereocenters. The Morgan fingerprint density at radius 1 is 1.00 bits per heavy atom. The topological polar surface area (TPSA) is 211 Å². The number of unbranched alkanes of at least 4 members (excludes halogenated alkanes) is 1. The van der Waals surface area contributed by atoms with E-state index >= 15 is 0 Å². The summed E-state index contributed by atoms with van der Waals surface area (Å²) in [6, 6.07) is 12.4. The zero-order chi connectivity index (χ0) is 40.8. The third-order valence-electron chi connectivity index (χ3n) is 11.4. The predicted molar refractivity (Wildman–Crippen MR) is 215 cm³/mol. The minimum atomic E-state index is -1.51. The Balaban J connectivity index is 1.97. The van der Waals surface area contributed by atoms with Crippen LogP contribution in [0.4, 0.5) is 0 Å². The molecule has 2 bridgehead atoms. The molecular formula is C45H63NO10. The van der Waals surface area contributed by atoms with Crippen molar-refractivity contribution in [3.05, 3.63) is 88.0 Å². The van der Waals surface area contributed by atoms with Crippen molar-refractivity contribution in [3.63, 3.8) is 0 Å². The number of allylic oxidation sites excluding steroid dienone is 2. The second-order valence-electron chi connectivity index (χ2n) is 15.9. The van der Waals surface area contributed by atoms with E-state index in [4.69, 9.17) is 0 Å². The highest BCUT2D eigenvalue weighted by atomic mass is 16.4. The number of nitrogens with one attached hydrogen (secondary N) is 1. The van der Waals surface area contributed by atoms with Gasteiger partial charge in [-0.3, -0.25) is 4.79 Å². The van der Waals surface area contributed by atoms with Gasteiger partial charge in [0.05, 0.1) is 42.5 Å². The van der Waals surface area contributed by atoms with Crippen LogP contribution in [-0.2, 0) is 17.6 Å². The second-order valence-corrected chi connectivity index (χ2v) is 15.9. The van der Waals surface area contributed by atoms with Crippen LogP contribution in [0.5, 0.6) is 5.75 Å². The van der Waals surface area contributed by atoms with Crippen molar-refractivity contribution in [1.82, 2.24) is 5.32 Å². The van der Waals surface area contributed by atoms with Crippen LogP contribution in [0.1, 0.15) is 112 Å². The van der Waals surface area contributed by atoms with Crippen LogP contribution in [0.25, 0.3) is 0 Å². The van der Waals surface area contributed by atoms with Gasteiger partial charge in [-0.15, -0.1) is 0 Å². The molecule has 1 aliphatic carbocycles. The number of carboxylic acid groups (broad SMARTS) is 1. The summed E-state index contributed by atoms with van der Waals surface area (Å²) in [4.78, 5) is 11.3. The predicted octanol–water partition coefficient (Wildman–Crippen LogP) is 3.99.